The topological polar surface area (TPSA) is 36.9 Å². The van der Waals surface area contributed by atoms with Crippen LogP contribution in [0, 0.1) is 0 Å². The van der Waals surface area contributed by atoms with E-state index in [-0.39, 0.29) is 24.6 Å². The first-order valence-corrected chi connectivity index (χ1v) is 13.5. The molecule has 0 amide bonds. The predicted molar refractivity (Wildman–Crippen MR) is 130 cm³/mol. The van der Waals surface area contributed by atoms with E-state index < -0.39 is 0 Å². The molecule has 0 bridgehead atoms. The molecule has 1 aromatic rings. The van der Waals surface area contributed by atoms with Gasteiger partial charge in [-0.2, -0.15) is 0 Å². The first-order chi connectivity index (χ1) is 15.8. The Morgan fingerprint density at radius 1 is 0.750 bits per heavy atom. The van der Waals surface area contributed by atoms with Crippen LogP contribution in [0.5, 0.6) is 5.75 Å². The second kappa shape index (κ2) is 14.9. The smallest absolute Gasteiger partial charge is 0.158 e. The molecular weight excluding hydrogens is 400 g/mol. The van der Waals surface area contributed by atoms with Gasteiger partial charge in [0.1, 0.15) is 11.9 Å². The highest BCUT2D eigenvalue weighted by Gasteiger charge is 2.38. The first kappa shape index (κ1) is 25.5. The van der Waals surface area contributed by atoms with E-state index in [1.165, 1.54) is 69.8 Å². The molecule has 1 aromatic carbocycles. The van der Waals surface area contributed by atoms with Gasteiger partial charge in [-0.05, 0) is 49.8 Å². The molecule has 4 heteroatoms. The van der Waals surface area contributed by atoms with E-state index in [9.17, 15) is 0 Å². The van der Waals surface area contributed by atoms with Crippen LogP contribution < -0.4 is 4.74 Å². The van der Waals surface area contributed by atoms with Gasteiger partial charge in [-0.15, -0.1) is 0 Å². The van der Waals surface area contributed by atoms with Gasteiger partial charge in [0.15, 0.2) is 6.29 Å². The number of benzene rings is 1. The zero-order chi connectivity index (χ0) is 22.4. The molecule has 2 fully saturated rings. The van der Waals surface area contributed by atoms with Gasteiger partial charge in [-0.1, -0.05) is 83.8 Å². The summed E-state index contributed by atoms with van der Waals surface area (Å²) in [6, 6.07) is 8.50. The third-order valence-corrected chi connectivity index (χ3v) is 6.80. The molecule has 0 aromatic heterocycles. The highest BCUT2D eigenvalue weighted by molar-refractivity contribution is 5.29. The van der Waals surface area contributed by atoms with Crippen molar-refractivity contribution in [2.24, 2.45) is 0 Å². The molecule has 0 spiro atoms. The van der Waals surface area contributed by atoms with Crippen molar-refractivity contribution in [3.8, 4) is 5.75 Å². The standard InChI is InChI=1S/C28H46O4/c1-3-5-7-8-9-10-11-13-21-29-24-17-15-23(16-18-24)25-19-20-26-27(31-25)22-30-28(32-26)14-12-6-4-2/h15-18,25-28H,3-14,19-22H2,1-2H3/t25-,26+,27-,28-/m1/s1. The van der Waals surface area contributed by atoms with Crippen LogP contribution in [0.3, 0.4) is 0 Å². The fourth-order valence-corrected chi connectivity index (χ4v) is 4.77. The lowest BCUT2D eigenvalue weighted by molar-refractivity contribution is -0.286. The van der Waals surface area contributed by atoms with Crippen molar-refractivity contribution < 1.29 is 18.9 Å². The van der Waals surface area contributed by atoms with E-state index in [2.05, 4.69) is 38.1 Å². The molecule has 2 aliphatic rings. The first-order valence-electron chi connectivity index (χ1n) is 13.5. The summed E-state index contributed by atoms with van der Waals surface area (Å²) in [6.07, 6.45) is 17.6. The van der Waals surface area contributed by atoms with Gasteiger partial charge in [0.2, 0.25) is 0 Å². The molecular formula is C28H46O4. The molecule has 2 heterocycles. The van der Waals surface area contributed by atoms with Crippen molar-refractivity contribution in [2.75, 3.05) is 13.2 Å². The number of fused-ring (bicyclic) bond motifs is 1. The maximum Gasteiger partial charge on any atom is 0.158 e. The molecule has 0 saturated carbocycles. The van der Waals surface area contributed by atoms with E-state index in [0.717, 1.165) is 38.0 Å². The molecule has 182 valence electrons. The van der Waals surface area contributed by atoms with Crippen molar-refractivity contribution >= 4 is 0 Å². The average Bonchev–Trinajstić information content (AvgIpc) is 2.83. The highest BCUT2D eigenvalue weighted by Crippen LogP contribution is 2.36. The molecule has 3 rings (SSSR count). The summed E-state index contributed by atoms with van der Waals surface area (Å²) < 4.78 is 24.4. The molecule has 0 radical (unpaired) electrons. The van der Waals surface area contributed by atoms with Crippen LogP contribution in [0.1, 0.15) is 115 Å². The monoisotopic (exact) mass is 446 g/mol. The summed E-state index contributed by atoms with van der Waals surface area (Å²) in [5.41, 5.74) is 1.23. The molecule has 32 heavy (non-hydrogen) atoms. The van der Waals surface area contributed by atoms with Crippen molar-refractivity contribution in [1.29, 1.82) is 0 Å². The van der Waals surface area contributed by atoms with Crippen LogP contribution in [0.15, 0.2) is 24.3 Å². The minimum Gasteiger partial charge on any atom is -0.494 e. The maximum atomic E-state index is 6.36. The fourth-order valence-electron chi connectivity index (χ4n) is 4.77. The Morgan fingerprint density at radius 2 is 1.44 bits per heavy atom. The zero-order valence-corrected chi connectivity index (χ0v) is 20.6. The number of unbranched alkanes of at least 4 members (excludes halogenated alkanes) is 9. The van der Waals surface area contributed by atoms with E-state index in [4.69, 9.17) is 18.9 Å². The van der Waals surface area contributed by atoms with Crippen molar-refractivity contribution in [1.82, 2.24) is 0 Å². The Morgan fingerprint density at radius 3 is 2.19 bits per heavy atom. The Kier molecular flexibility index (Phi) is 11.9. The van der Waals surface area contributed by atoms with Gasteiger partial charge in [0.25, 0.3) is 0 Å². The molecule has 0 N–H and O–H groups in total. The van der Waals surface area contributed by atoms with Crippen molar-refractivity contribution in [3.63, 3.8) is 0 Å². The average molecular weight is 447 g/mol. The summed E-state index contributed by atoms with van der Waals surface area (Å²) in [4.78, 5) is 0. The number of hydrogen-bond donors (Lipinski definition) is 0. The zero-order valence-electron chi connectivity index (χ0n) is 20.6. The van der Waals surface area contributed by atoms with Gasteiger partial charge in [0.05, 0.1) is 25.4 Å². The number of ether oxygens (including phenoxy) is 4. The second-order valence-corrected chi connectivity index (χ2v) is 9.57. The van der Waals surface area contributed by atoms with Crippen molar-refractivity contribution in [2.45, 2.75) is 128 Å². The summed E-state index contributed by atoms with van der Waals surface area (Å²) in [5.74, 6) is 0.963. The van der Waals surface area contributed by atoms with E-state index in [1.54, 1.807) is 0 Å². The summed E-state index contributed by atoms with van der Waals surface area (Å²) >= 11 is 0. The minimum absolute atomic E-state index is 0.0413. The van der Waals surface area contributed by atoms with E-state index in [0.29, 0.717) is 6.61 Å². The normalized spacial score (nSPS) is 25.4. The lowest BCUT2D eigenvalue weighted by Crippen LogP contribution is -2.48. The maximum absolute atomic E-state index is 6.36. The molecule has 4 atom stereocenters. The Bertz CT molecular complexity index is 602. The largest absolute Gasteiger partial charge is 0.494 e. The highest BCUT2D eigenvalue weighted by atomic mass is 16.7. The van der Waals surface area contributed by atoms with Crippen LogP contribution >= 0.6 is 0 Å². The van der Waals surface area contributed by atoms with Gasteiger partial charge in [-0.3, -0.25) is 0 Å². The third-order valence-electron chi connectivity index (χ3n) is 6.80. The van der Waals surface area contributed by atoms with Crippen LogP contribution in [0.25, 0.3) is 0 Å². The van der Waals surface area contributed by atoms with Crippen molar-refractivity contribution in [3.05, 3.63) is 29.8 Å². The molecule has 0 aliphatic carbocycles. The summed E-state index contributed by atoms with van der Waals surface area (Å²) in [5, 5.41) is 0. The molecule has 4 nitrogen and oxygen atoms in total. The van der Waals surface area contributed by atoms with E-state index in [1.807, 2.05) is 0 Å². The Balaban J connectivity index is 1.31. The third kappa shape index (κ3) is 8.68. The van der Waals surface area contributed by atoms with Gasteiger partial charge in [-0.25, -0.2) is 0 Å². The van der Waals surface area contributed by atoms with Crippen LogP contribution in [-0.2, 0) is 14.2 Å². The number of hydrogen-bond acceptors (Lipinski definition) is 4. The Labute approximate surface area is 196 Å². The van der Waals surface area contributed by atoms with Crippen LogP contribution in [0.4, 0.5) is 0 Å². The van der Waals surface area contributed by atoms with Crippen LogP contribution in [-0.4, -0.2) is 31.7 Å². The fraction of sp³-hybridized carbons (Fsp3) is 0.786. The lowest BCUT2D eigenvalue weighted by Gasteiger charge is -2.42. The number of rotatable bonds is 15. The van der Waals surface area contributed by atoms with Gasteiger partial charge in [0, 0.05) is 0 Å². The van der Waals surface area contributed by atoms with Gasteiger partial charge < -0.3 is 18.9 Å². The summed E-state index contributed by atoms with van der Waals surface area (Å²) in [6.45, 7) is 5.96. The second-order valence-electron chi connectivity index (χ2n) is 9.57. The molecule has 2 aliphatic heterocycles. The van der Waals surface area contributed by atoms with E-state index >= 15 is 0 Å². The predicted octanol–water partition coefficient (Wildman–Crippen LogP) is 7.75. The minimum atomic E-state index is -0.0413. The Hall–Kier alpha value is -1.10. The quantitative estimate of drug-likeness (QED) is 0.258. The SMILES string of the molecule is CCCCCCCCCCOc1ccc([C@H]2CC[C@@H]3O[C@H](CCCCC)OC[C@H]3O2)cc1. The van der Waals surface area contributed by atoms with Gasteiger partial charge >= 0.3 is 0 Å². The summed E-state index contributed by atoms with van der Waals surface area (Å²) in [7, 11) is 0. The lowest BCUT2D eigenvalue weighted by atomic mass is 9.96. The molecule has 0 unspecified atom stereocenters. The van der Waals surface area contributed by atoms with Crippen LogP contribution in [0.2, 0.25) is 0 Å². The molecule has 2 saturated heterocycles.